The molecule has 0 fully saturated rings. The number of hydrogen-bond acceptors (Lipinski definition) is 7. The molecule has 0 radical (unpaired) electrons. The highest BCUT2D eigenvalue weighted by molar-refractivity contribution is 6.01. The number of methoxy groups -OCH3 is 1. The summed E-state index contributed by atoms with van der Waals surface area (Å²) in [5, 5.41) is 22.2. The highest BCUT2D eigenvalue weighted by Gasteiger charge is 2.14. The molecule has 0 bridgehead atoms. The van der Waals surface area contributed by atoms with Gasteiger partial charge in [-0.2, -0.15) is 5.26 Å². The number of carbonyl (C=O) groups is 1. The highest BCUT2D eigenvalue weighted by atomic mass is 16.6. The number of ether oxygens (including phenoxy) is 3. The standard InChI is InChI=1S/C27H26N2O6/c1-32-23-11-7-21(8-12-23)26(29-33-2)18-35-24-9-3-19(4-10-24)17-34-25-13-5-20(6-14-25)22(16-28)15-27(30)31/h3-14,22H,15,17-18H2,1-2H3,(H,30,31). The van der Waals surface area contributed by atoms with Gasteiger partial charge in [0, 0.05) is 5.56 Å². The van der Waals surface area contributed by atoms with Gasteiger partial charge in [-0.05, 0) is 59.7 Å². The fourth-order valence-corrected chi connectivity index (χ4v) is 3.27. The van der Waals surface area contributed by atoms with Crippen molar-refractivity contribution in [2.75, 3.05) is 20.8 Å². The van der Waals surface area contributed by atoms with Crippen molar-refractivity contribution in [3.63, 3.8) is 0 Å². The van der Waals surface area contributed by atoms with Crippen molar-refractivity contribution in [3.8, 4) is 23.3 Å². The molecule has 1 atom stereocenters. The summed E-state index contributed by atoms with van der Waals surface area (Å²) < 4.78 is 16.9. The van der Waals surface area contributed by atoms with Crippen LogP contribution >= 0.6 is 0 Å². The average molecular weight is 475 g/mol. The Bertz CT molecular complexity index is 1170. The third-order valence-electron chi connectivity index (χ3n) is 5.15. The number of rotatable bonds is 12. The van der Waals surface area contributed by atoms with E-state index < -0.39 is 11.9 Å². The summed E-state index contributed by atoms with van der Waals surface area (Å²) >= 11 is 0. The molecule has 1 unspecified atom stereocenters. The monoisotopic (exact) mass is 474 g/mol. The lowest BCUT2D eigenvalue weighted by atomic mass is 9.97. The molecule has 0 saturated heterocycles. The molecule has 1 N–H and O–H groups in total. The average Bonchev–Trinajstić information content (AvgIpc) is 2.89. The summed E-state index contributed by atoms with van der Waals surface area (Å²) in [5.74, 6) is 0.364. The van der Waals surface area contributed by atoms with E-state index in [2.05, 4.69) is 5.16 Å². The molecule has 0 saturated carbocycles. The van der Waals surface area contributed by atoms with Gasteiger partial charge in [0.05, 0.1) is 25.5 Å². The second-order valence-corrected chi connectivity index (χ2v) is 7.52. The molecule has 8 nitrogen and oxygen atoms in total. The first-order chi connectivity index (χ1) is 17.0. The number of benzene rings is 3. The maximum Gasteiger partial charge on any atom is 0.305 e. The van der Waals surface area contributed by atoms with Crippen molar-refractivity contribution < 1.29 is 28.9 Å². The van der Waals surface area contributed by atoms with E-state index in [0.717, 1.165) is 16.9 Å². The Hall–Kier alpha value is -4.51. The van der Waals surface area contributed by atoms with E-state index in [1.54, 1.807) is 31.4 Å². The van der Waals surface area contributed by atoms with Crippen molar-refractivity contribution >= 4 is 11.7 Å². The van der Waals surface area contributed by atoms with Crippen LogP contribution in [0.5, 0.6) is 17.2 Å². The third-order valence-corrected chi connectivity index (χ3v) is 5.15. The normalized spacial score (nSPS) is 11.7. The minimum Gasteiger partial charge on any atom is -0.497 e. The molecule has 0 aliphatic heterocycles. The van der Waals surface area contributed by atoms with E-state index >= 15 is 0 Å². The molecule has 3 aromatic carbocycles. The number of carboxylic acids is 1. The molecule has 0 aliphatic rings. The van der Waals surface area contributed by atoms with Crippen LogP contribution in [0.1, 0.15) is 29.0 Å². The Labute approximate surface area is 203 Å². The predicted molar refractivity (Wildman–Crippen MR) is 130 cm³/mol. The molecule has 0 amide bonds. The van der Waals surface area contributed by atoms with Gasteiger partial charge < -0.3 is 24.2 Å². The number of nitriles is 1. The molecular weight excluding hydrogens is 448 g/mol. The SMILES string of the molecule is CON=C(COc1ccc(COc2ccc(C(C#N)CC(=O)O)cc2)cc1)c1ccc(OC)cc1. The highest BCUT2D eigenvalue weighted by Crippen LogP contribution is 2.23. The van der Waals surface area contributed by atoms with Gasteiger partial charge in [0.1, 0.15) is 43.3 Å². The zero-order valence-corrected chi connectivity index (χ0v) is 19.5. The van der Waals surface area contributed by atoms with Gasteiger partial charge in [0.25, 0.3) is 0 Å². The second-order valence-electron chi connectivity index (χ2n) is 7.52. The Kier molecular flexibility index (Phi) is 9.08. The van der Waals surface area contributed by atoms with Gasteiger partial charge in [-0.1, -0.05) is 29.4 Å². The van der Waals surface area contributed by atoms with Crippen molar-refractivity contribution in [1.29, 1.82) is 5.26 Å². The topological polar surface area (TPSA) is 110 Å². The van der Waals surface area contributed by atoms with Gasteiger partial charge in [-0.25, -0.2) is 0 Å². The van der Waals surface area contributed by atoms with Crippen LogP contribution in [0, 0.1) is 11.3 Å². The van der Waals surface area contributed by atoms with Crippen LogP contribution in [-0.4, -0.2) is 37.6 Å². The van der Waals surface area contributed by atoms with Crippen molar-refractivity contribution in [3.05, 3.63) is 89.5 Å². The second kappa shape index (κ2) is 12.7. The minimum absolute atomic E-state index is 0.230. The Balaban J connectivity index is 1.53. The molecular formula is C27H26N2O6. The Morgan fingerprint density at radius 3 is 2.09 bits per heavy atom. The number of nitrogens with zero attached hydrogens (tertiary/aromatic N) is 2. The Morgan fingerprint density at radius 1 is 0.914 bits per heavy atom. The number of carboxylic acid groups (broad SMARTS) is 1. The smallest absolute Gasteiger partial charge is 0.305 e. The van der Waals surface area contributed by atoms with E-state index in [1.807, 2.05) is 54.6 Å². The van der Waals surface area contributed by atoms with Gasteiger partial charge in [0.15, 0.2) is 0 Å². The molecule has 0 aliphatic carbocycles. The Morgan fingerprint density at radius 2 is 1.51 bits per heavy atom. The summed E-state index contributed by atoms with van der Waals surface area (Å²) in [7, 11) is 3.10. The van der Waals surface area contributed by atoms with E-state index in [-0.39, 0.29) is 13.0 Å². The predicted octanol–water partition coefficient (Wildman–Crippen LogP) is 4.79. The minimum atomic E-state index is -1.01. The van der Waals surface area contributed by atoms with Crippen molar-refractivity contribution in [1.82, 2.24) is 0 Å². The first-order valence-corrected chi connectivity index (χ1v) is 10.8. The van der Waals surface area contributed by atoms with Crippen molar-refractivity contribution in [2.24, 2.45) is 5.16 Å². The zero-order chi connectivity index (χ0) is 25.0. The summed E-state index contributed by atoms with van der Waals surface area (Å²) in [6, 6.07) is 23.9. The van der Waals surface area contributed by atoms with Crippen LogP contribution < -0.4 is 14.2 Å². The van der Waals surface area contributed by atoms with Gasteiger partial charge in [0.2, 0.25) is 0 Å². The van der Waals surface area contributed by atoms with Crippen LogP contribution in [-0.2, 0) is 16.2 Å². The molecule has 35 heavy (non-hydrogen) atoms. The number of aliphatic carboxylic acids is 1. The molecule has 0 spiro atoms. The fraction of sp³-hybridized carbons (Fsp3) is 0.222. The van der Waals surface area contributed by atoms with Crippen LogP contribution in [0.25, 0.3) is 0 Å². The molecule has 0 aromatic heterocycles. The lowest BCUT2D eigenvalue weighted by Crippen LogP contribution is -2.13. The summed E-state index contributed by atoms with van der Waals surface area (Å²) in [5.41, 5.74) is 3.11. The van der Waals surface area contributed by atoms with Crippen LogP contribution in [0.4, 0.5) is 0 Å². The van der Waals surface area contributed by atoms with E-state index in [4.69, 9.17) is 24.2 Å². The van der Waals surface area contributed by atoms with Gasteiger partial charge >= 0.3 is 5.97 Å². The van der Waals surface area contributed by atoms with E-state index in [0.29, 0.717) is 29.4 Å². The first-order valence-electron chi connectivity index (χ1n) is 10.8. The molecule has 0 heterocycles. The zero-order valence-electron chi connectivity index (χ0n) is 19.5. The maximum atomic E-state index is 10.9. The van der Waals surface area contributed by atoms with Crippen LogP contribution in [0.2, 0.25) is 0 Å². The summed E-state index contributed by atoms with van der Waals surface area (Å²) in [6.45, 7) is 0.576. The van der Waals surface area contributed by atoms with Crippen LogP contribution in [0.3, 0.4) is 0 Å². The maximum absolute atomic E-state index is 10.9. The number of hydrogen-bond donors (Lipinski definition) is 1. The van der Waals surface area contributed by atoms with E-state index in [9.17, 15) is 10.1 Å². The summed E-state index contributed by atoms with van der Waals surface area (Å²) in [4.78, 5) is 15.8. The largest absolute Gasteiger partial charge is 0.497 e. The molecule has 8 heteroatoms. The number of oxime groups is 1. The molecule has 3 rings (SSSR count). The van der Waals surface area contributed by atoms with Gasteiger partial charge in [-0.15, -0.1) is 0 Å². The van der Waals surface area contributed by atoms with E-state index in [1.165, 1.54) is 7.11 Å². The summed E-state index contributed by atoms with van der Waals surface area (Å²) in [6.07, 6.45) is -0.232. The fourth-order valence-electron chi connectivity index (χ4n) is 3.27. The first kappa shape index (κ1) is 25.1. The lowest BCUT2D eigenvalue weighted by Gasteiger charge is -2.11. The molecule has 3 aromatic rings. The van der Waals surface area contributed by atoms with Gasteiger partial charge in [-0.3, -0.25) is 4.79 Å². The third kappa shape index (κ3) is 7.51. The molecule has 180 valence electrons. The van der Waals surface area contributed by atoms with Crippen LogP contribution in [0.15, 0.2) is 78.0 Å². The lowest BCUT2D eigenvalue weighted by molar-refractivity contribution is -0.137. The van der Waals surface area contributed by atoms with Crippen molar-refractivity contribution in [2.45, 2.75) is 18.9 Å². The quantitative estimate of drug-likeness (QED) is 0.297.